The van der Waals surface area contributed by atoms with Gasteiger partial charge in [-0.05, 0) is 30.0 Å². The molecule has 0 fully saturated rings. The van der Waals surface area contributed by atoms with E-state index in [0.717, 1.165) is 36.9 Å². The second-order valence-corrected chi connectivity index (χ2v) is 8.03. The van der Waals surface area contributed by atoms with Crippen LogP contribution in [-0.4, -0.2) is 15.9 Å². The van der Waals surface area contributed by atoms with E-state index in [1.165, 1.54) is 33.8 Å². The Bertz CT molecular complexity index is 1010. The van der Waals surface area contributed by atoms with Crippen LogP contribution in [-0.2, 0) is 19.4 Å². The number of hydrogen-bond donors (Lipinski definition) is 0. The maximum Gasteiger partial charge on any atom is 0.205 e. The van der Waals surface area contributed by atoms with E-state index in [0.29, 0.717) is 0 Å². The van der Waals surface area contributed by atoms with Gasteiger partial charge in [0.2, 0.25) is 5.13 Å². The molecule has 0 bridgehead atoms. The van der Waals surface area contributed by atoms with Gasteiger partial charge in [-0.3, -0.25) is 0 Å². The van der Waals surface area contributed by atoms with Crippen LogP contribution in [0.1, 0.15) is 28.1 Å². The van der Waals surface area contributed by atoms with E-state index in [9.17, 15) is 0 Å². The molecule has 1 heterocycles. The van der Waals surface area contributed by atoms with Gasteiger partial charge in [-0.1, -0.05) is 90.5 Å². The summed E-state index contributed by atoms with van der Waals surface area (Å²) in [5.74, 6) is 0.895. The van der Waals surface area contributed by atoms with Crippen LogP contribution in [0.4, 0.5) is 5.13 Å². The zero-order valence-electron chi connectivity index (χ0n) is 16.7. The highest BCUT2D eigenvalue weighted by molar-refractivity contribution is 7.09. The van der Waals surface area contributed by atoms with E-state index in [2.05, 4.69) is 101 Å². The average molecular weight is 400 g/mol. The van der Waals surface area contributed by atoms with Crippen LogP contribution in [0.3, 0.4) is 0 Å². The molecule has 4 heteroatoms. The van der Waals surface area contributed by atoms with Gasteiger partial charge in [0.15, 0.2) is 0 Å². The first-order chi connectivity index (χ1) is 14.3. The number of aryl methyl sites for hydroxylation is 1. The predicted molar refractivity (Wildman–Crippen MR) is 122 cm³/mol. The zero-order valence-corrected chi connectivity index (χ0v) is 17.5. The molecule has 0 atom stereocenters. The molecule has 1 aromatic heterocycles. The van der Waals surface area contributed by atoms with E-state index in [4.69, 9.17) is 4.98 Å². The van der Waals surface area contributed by atoms with Gasteiger partial charge in [-0.25, -0.2) is 4.98 Å². The van der Waals surface area contributed by atoms with Crippen LogP contribution in [0.2, 0.25) is 0 Å². The first-order valence-corrected chi connectivity index (χ1v) is 10.7. The number of nitrogens with zero attached hydrogens (tertiary/aromatic N) is 3. The van der Waals surface area contributed by atoms with Crippen LogP contribution < -0.4 is 4.90 Å². The lowest BCUT2D eigenvalue weighted by Gasteiger charge is -2.21. The molecule has 0 saturated carbocycles. The Balaban J connectivity index is 1.50. The molecule has 0 aliphatic rings. The Labute approximate surface area is 176 Å². The fourth-order valence-corrected chi connectivity index (χ4v) is 4.00. The third-order valence-electron chi connectivity index (χ3n) is 4.94. The number of aromatic nitrogens is 2. The Hall–Kier alpha value is -2.98. The van der Waals surface area contributed by atoms with Crippen molar-refractivity contribution in [2.24, 2.45) is 0 Å². The van der Waals surface area contributed by atoms with Gasteiger partial charge in [0.25, 0.3) is 0 Å². The first-order valence-electron chi connectivity index (χ1n) is 9.97. The quantitative estimate of drug-likeness (QED) is 0.381. The summed E-state index contributed by atoms with van der Waals surface area (Å²) in [6.07, 6.45) is 1.76. The number of anilines is 1. The molecule has 0 radical (unpaired) electrons. The van der Waals surface area contributed by atoms with Crippen LogP contribution in [0, 0.1) is 6.92 Å². The van der Waals surface area contributed by atoms with E-state index in [-0.39, 0.29) is 0 Å². The lowest BCUT2D eigenvalue weighted by atomic mass is 10.1. The zero-order chi connectivity index (χ0) is 19.9. The molecule has 3 aromatic carbocycles. The maximum atomic E-state index is 4.87. The van der Waals surface area contributed by atoms with Crippen LogP contribution in [0.5, 0.6) is 0 Å². The van der Waals surface area contributed by atoms with Crippen molar-refractivity contribution in [1.82, 2.24) is 9.36 Å². The Morgan fingerprint density at radius 3 is 2.10 bits per heavy atom. The fraction of sp³-hybridized carbons (Fsp3) is 0.200. The van der Waals surface area contributed by atoms with Crippen LogP contribution >= 0.6 is 11.5 Å². The molecule has 29 heavy (non-hydrogen) atoms. The molecule has 4 aromatic rings. The minimum Gasteiger partial charge on any atom is -0.342 e. The van der Waals surface area contributed by atoms with Crippen molar-refractivity contribution >= 4 is 16.7 Å². The molecular formula is C25H25N3S. The highest BCUT2D eigenvalue weighted by Gasteiger charge is 2.14. The predicted octanol–water partition coefficient (Wildman–Crippen LogP) is 5.69. The average Bonchev–Trinajstić information content (AvgIpc) is 3.22. The molecule has 0 spiro atoms. The Morgan fingerprint density at radius 2 is 1.41 bits per heavy atom. The smallest absolute Gasteiger partial charge is 0.205 e. The van der Waals surface area contributed by atoms with Crippen molar-refractivity contribution in [2.75, 3.05) is 11.4 Å². The summed E-state index contributed by atoms with van der Waals surface area (Å²) in [6.45, 7) is 3.86. The standard InChI is InChI=1S/C25H25N3S/c1-20-12-14-22(15-13-20)18-24-26-25(29-27-24)28(19-23-10-6-3-7-11-23)17-16-21-8-4-2-5-9-21/h2-15H,16-19H2,1H3. The fourth-order valence-electron chi connectivity index (χ4n) is 3.29. The van der Waals surface area contributed by atoms with Crippen molar-refractivity contribution in [3.63, 3.8) is 0 Å². The third kappa shape index (κ3) is 5.52. The molecular weight excluding hydrogens is 374 g/mol. The molecule has 0 amide bonds. The van der Waals surface area contributed by atoms with Gasteiger partial charge in [-0.2, -0.15) is 4.37 Å². The molecule has 0 aliphatic heterocycles. The van der Waals surface area contributed by atoms with Crippen molar-refractivity contribution in [2.45, 2.75) is 26.3 Å². The van der Waals surface area contributed by atoms with E-state index < -0.39 is 0 Å². The summed E-state index contributed by atoms with van der Waals surface area (Å²) in [7, 11) is 0. The van der Waals surface area contributed by atoms with E-state index >= 15 is 0 Å². The highest BCUT2D eigenvalue weighted by atomic mass is 32.1. The summed E-state index contributed by atoms with van der Waals surface area (Å²) in [6, 6.07) is 29.8. The summed E-state index contributed by atoms with van der Waals surface area (Å²) in [5, 5.41) is 0.992. The van der Waals surface area contributed by atoms with Gasteiger partial charge in [0.1, 0.15) is 5.82 Å². The molecule has 146 valence electrons. The van der Waals surface area contributed by atoms with E-state index in [1.54, 1.807) is 0 Å². The number of rotatable bonds is 8. The SMILES string of the molecule is Cc1ccc(Cc2nsc(N(CCc3ccccc3)Cc3ccccc3)n2)cc1. The number of hydrogen-bond acceptors (Lipinski definition) is 4. The third-order valence-corrected chi connectivity index (χ3v) is 5.76. The summed E-state index contributed by atoms with van der Waals surface area (Å²) in [5.41, 5.74) is 5.15. The topological polar surface area (TPSA) is 29.0 Å². The molecule has 4 rings (SSSR count). The Morgan fingerprint density at radius 1 is 0.759 bits per heavy atom. The number of benzene rings is 3. The van der Waals surface area contributed by atoms with Gasteiger partial charge < -0.3 is 4.90 Å². The van der Waals surface area contributed by atoms with E-state index in [1.807, 2.05) is 0 Å². The van der Waals surface area contributed by atoms with Crippen molar-refractivity contribution < 1.29 is 0 Å². The highest BCUT2D eigenvalue weighted by Crippen LogP contribution is 2.22. The van der Waals surface area contributed by atoms with Crippen molar-refractivity contribution in [1.29, 1.82) is 0 Å². The van der Waals surface area contributed by atoms with Gasteiger partial charge >= 0.3 is 0 Å². The maximum absolute atomic E-state index is 4.87. The molecule has 0 aliphatic carbocycles. The second-order valence-electron chi connectivity index (χ2n) is 7.30. The molecule has 0 saturated heterocycles. The summed E-state index contributed by atoms with van der Waals surface area (Å²) in [4.78, 5) is 7.22. The minimum absolute atomic E-state index is 0.772. The molecule has 3 nitrogen and oxygen atoms in total. The Kier molecular flexibility index (Phi) is 6.32. The van der Waals surface area contributed by atoms with Gasteiger partial charge in [0, 0.05) is 31.0 Å². The van der Waals surface area contributed by atoms with Crippen LogP contribution in [0.25, 0.3) is 0 Å². The first kappa shape index (κ1) is 19.3. The monoisotopic (exact) mass is 399 g/mol. The molecule has 0 unspecified atom stereocenters. The summed E-state index contributed by atoms with van der Waals surface area (Å²) < 4.78 is 4.64. The lowest BCUT2D eigenvalue weighted by molar-refractivity contribution is 0.775. The van der Waals surface area contributed by atoms with Crippen molar-refractivity contribution in [3.8, 4) is 0 Å². The molecule has 0 N–H and O–H groups in total. The largest absolute Gasteiger partial charge is 0.342 e. The van der Waals surface area contributed by atoms with Crippen molar-refractivity contribution in [3.05, 3.63) is 113 Å². The van der Waals surface area contributed by atoms with Gasteiger partial charge in [0.05, 0.1) is 0 Å². The normalized spacial score (nSPS) is 10.8. The van der Waals surface area contributed by atoms with Gasteiger partial charge in [-0.15, -0.1) is 0 Å². The lowest BCUT2D eigenvalue weighted by Crippen LogP contribution is -2.25. The summed E-state index contributed by atoms with van der Waals surface area (Å²) >= 11 is 1.50. The minimum atomic E-state index is 0.772. The second kappa shape index (κ2) is 9.48. The van der Waals surface area contributed by atoms with Crippen LogP contribution in [0.15, 0.2) is 84.9 Å².